The second kappa shape index (κ2) is 6.67. The molecule has 0 saturated carbocycles. The number of carbonyl (C=O) groups is 1. The van der Waals surface area contributed by atoms with Crippen LogP contribution in [0.15, 0.2) is 52.9 Å². The number of rotatable bonds is 5. The minimum atomic E-state index is -0.203. The highest BCUT2D eigenvalue weighted by Crippen LogP contribution is 2.20. The monoisotopic (exact) mass is 309 g/mol. The smallest absolute Gasteiger partial charge is 0.287 e. The fraction of sp³-hybridized carbons (Fsp3) is 0.211. The average molecular weight is 309 g/mol. The molecular weight excluding hydrogens is 290 g/mol. The average Bonchev–Trinajstić information content (AvgIpc) is 2.98. The summed E-state index contributed by atoms with van der Waals surface area (Å²) in [6.07, 6.45) is 0.733. The molecule has 2 N–H and O–H groups in total. The Kier molecular flexibility index (Phi) is 4.44. The number of furan rings is 1. The zero-order valence-corrected chi connectivity index (χ0v) is 13.0. The third-order valence-corrected chi connectivity index (χ3v) is 3.80. The second-order valence-electron chi connectivity index (χ2n) is 5.63. The number of hydrogen-bond acceptors (Lipinski definition) is 3. The van der Waals surface area contributed by atoms with Gasteiger partial charge in [-0.2, -0.15) is 0 Å². The molecule has 1 amide bonds. The van der Waals surface area contributed by atoms with Crippen molar-refractivity contribution >= 4 is 16.9 Å². The zero-order valence-electron chi connectivity index (χ0n) is 13.0. The van der Waals surface area contributed by atoms with Gasteiger partial charge in [0.2, 0.25) is 0 Å². The summed E-state index contributed by atoms with van der Waals surface area (Å²) in [4.78, 5) is 12.2. The first-order chi connectivity index (χ1) is 11.2. The summed E-state index contributed by atoms with van der Waals surface area (Å²) in [5.74, 6) is 0.132. The third kappa shape index (κ3) is 3.60. The van der Waals surface area contributed by atoms with Crippen molar-refractivity contribution in [1.29, 1.82) is 0 Å². The summed E-state index contributed by atoms with van der Waals surface area (Å²) in [7, 11) is 0. The molecule has 0 spiro atoms. The lowest BCUT2D eigenvalue weighted by Crippen LogP contribution is -2.25. The molecule has 1 heterocycles. The van der Waals surface area contributed by atoms with Gasteiger partial charge in [0.1, 0.15) is 5.58 Å². The normalized spacial score (nSPS) is 10.9. The van der Waals surface area contributed by atoms with Crippen molar-refractivity contribution in [3.05, 3.63) is 71.0 Å². The molecule has 0 unspecified atom stereocenters. The summed E-state index contributed by atoms with van der Waals surface area (Å²) in [5.41, 5.74) is 3.86. The van der Waals surface area contributed by atoms with E-state index in [4.69, 9.17) is 9.52 Å². The van der Waals surface area contributed by atoms with E-state index in [2.05, 4.69) is 5.32 Å². The van der Waals surface area contributed by atoms with Crippen LogP contribution in [0.25, 0.3) is 11.0 Å². The Balaban J connectivity index is 1.59. The van der Waals surface area contributed by atoms with Crippen LogP contribution in [0, 0.1) is 6.92 Å². The quantitative estimate of drug-likeness (QED) is 0.761. The lowest BCUT2D eigenvalue weighted by molar-refractivity contribution is 0.0928. The first-order valence-corrected chi connectivity index (χ1v) is 7.63. The van der Waals surface area contributed by atoms with Gasteiger partial charge in [0.25, 0.3) is 5.91 Å². The maximum atomic E-state index is 12.2. The second-order valence-corrected chi connectivity index (χ2v) is 5.63. The molecule has 0 aliphatic heterocycles. The van der Waals surface area contributed by atoms with E-state index in [1.54, 1.807) is 6.07 Å². The van der Waals surface area contributed by atoms with E-state index in [0.717, 1.165) is 34.1 Å². The van der Waals surface area contributed by atoms with E-state index in [0.29, 0.717) is 12.3 Å². The van der Waals surface area contributed by atoms with E-state index in [1.165, 1.54) is 0 Å². The number of nitrogens with one attached hydrogen (secondary N) is 1. The van der Waals surface area contributed by atoms with Gasteiger partial charge in [-0.15, -0.1) is 0 Å². The van der Waals surface area contributed by atoms with Crippen LogP contribution in [0.1, 0.15) is 27.2 Å². The van der Waals surface area contributed by atoms with Crippen molar-refractivity contribution in [2.75, 3.05) is 6.54 Å². The third-order valence-electron chi connectivity index (χ3n) is 3.80. The van der Waals surface area contributed by atoms with Crippen LogP contribution in [0.4, 0.5) is 0 Å². The molecule has 1 aromatic heterocycles. The number of aryl methyl sites for hydroxylation is 1. The fourth-order valence-corrected chi connectivity index (χ4v) is 2.49. The summed E-state index contributed by atoms with van der Waals surface area (Å²) in [6.45, 7) is 2.59. The fourth-order valence-electron chi connectivity index (χ4n) is 2.49. The van der Waals surface area contributed by atoms with E-state index in [9.17, 15) is 4.79 Å². The molecule has 0 radical (unpaired) electrons. The van der Waals surface area contributed by atoms with Gasteiger partial charge < -0.3 is 14.8 Å². The molecule has 3 aromatic rings. The first kappa shape index (κ1) is 15.3. The van der Waals surface area contributed by atoms with Crippen LogP contribution in [-0.4, -0.2) is 17.6 Å². The molecule has 4 heteroatoms. The highest BCUT2D eigenvalue weighted by atomic mass is 16.3. The predicted molar refractivity (Wildman–Crippen MR) is 89.4 cm³/mol. The van der Waals surface area contributed by atoms with Gasteiger partial charge in [-0.05, 0) is 42.7 Å². The maximum Gasteiger partial charge on any atom is 0.287 e. The number of carbonyl (C=O) groups excluding carboxylic acids is 1. The van der Waals surface area contributed by atoms with Crippen molar-refractivity contribution in [2.24, 2.45) is 0 Å². The summed E-state index contributed by atoms with van der Waals surface area (Å²) < 4.78 is 5.58. The van der Waals surface area contributed by atoms with Gasteiger partial charge in [0.05, 0.1) is 6.61 Å². The Labute approximate surface area is 134 Å². The molecule has 0 fully saturated rings. The Morgan fingerprint density at radius 1 is 1.09 bits per heavy atom. The van der Waals surface area contributed by atoms with Gasteiger partial charge in [0.15, 0.2) is 5.76 Å². The number of benzene rings is 2. The van der Waals surface area contributed by atoms with Crippen LogP contribution in [-0.2, 0) is 13.0 Å². The largest absolute Gasteiger partial charge is 0.451 e. The standard InChI is InChI=1S/C19H19NO3/c1-13-2-7-17-16(10-13)11-18(23-17)19(22)20-9-8-14-3-5-15(12-21)6-4-14/h2-7,10-11,21H,8-9,12H2,1H3,(H,20,22). The van der Waals surface area contributed by atoms with E-state index >= 15 is 0 Å². The maximum absolute atomic E-state index is 12.2. The van der Waals surface area contributed by atoms with Crippen molar-refractivity contribution < 1.29 is 14.3 Å². The molecule has 2 aromatic carbocycles. The van der Waals surface area contributed by atoms with Crippen molar-refractivity contribution in [1.82, 2.24) is 5.32 Å². The van der Waals surface area contributed by atoms with Gasteiger partial charge >= 0.3 is 0 Å². The molecule has 118 valence electrons. The van der Waals surface area contributed by atoms with E-state index < -0.39 is 0 Å². The summed E-state index contributed by atoms with van der Waals surface area (Å²) >= 11 is 0. The van der Waals surface area contributed by atoms with Crippen molar-refractivity contribution in [3.8, 4) is 0 Å². The number of fused-ring (bicyclic) bond motifs is 1. The van der Waals surface area contributed by atoms with Crippen LogP contribution >= 0.6 is 0 Å². The number of aliphatic hydroxyl groups is 1. The topological polar surface area (TPSA) is 62.5 Å². The van der Waals surface area contributed by atoms with Gasteiger partial charge in [0, 0.05) is 11.9 Å². The number of aliphatic hydroxyl groups excluding tert-OH is 1. The minimum absolute atomic E-state index is 0.0442. The van der Waals surface area contributed by atoms with Gasteiger partial charge in [-0.25, -0.2) is 0 Å². The van der Waals surface area contributed by atoms with Gasteiger partial charge in [-0.3, -0.25) is 4.79 Å². The molecule has 0 saturated heterocycles. The minimum Gasteiger partial charge on any atom is -0.451 e. The molecular formula is C19H19NO3. The molecule has 4 nitrogen and oxygen atoms in total. The summed E-state index contributed by atoms with van der Waals surface area (Å²) in [5, 5.41) is 12.8. The zero-order chi connectivity index (χ0) is 16.2. The van der Waals surface area contributed by atoms with Crippen molar-refractivity contribution in [2.45, 2.75) is 20.0 Å². The van der Waals surface area contributed by atoms with Crippen molar-refractivity contribution in [3.63, 3.8) is 0 Å². The molecule has 0 aliphatic rings. The van der Waals surface area contributed by atoms with E-state index in [-0.39, 0.29) is 12.5 Å². The van der Waals surface area contributed by atoms with Crippen LogP contribution in [0.3, 0.4) is 0 Å². The van der Waals surface area contributed by atoms with Gasteiger partial charge in [-0.1, -0.05) is 35.9 Å². The highest BCUT2D eigenvalue weighted by Gasteiger charge is 2.11. The Morgan fingerprint density at radius 3 is 2.57 bits per heavy atom. The molecule has 0 aliphatic carbocycles. The predicted octanol–water partition coefficient (Wildman–Crippen LogP) is 3.21. The SMILES string of the molecule is Cc1ccc2oc(C(=O)NCCc3ccc(CO)cc3)cc2c1. The van der Waals surface area contributed by atoms with Crippen LogP contribution in [0.5, 0.6) is 0 Å². The Morgan fingerprint density at radius 2 is 1.83 bits per heavy atom. The van der Waals surface area contributed by atoms with Crippen LogP contribution in [0.2, 0.25) is 0 Å². The number of amides is 1. The summed E-state index contributed by atoms with van der Waals surface area (Å²) in [6, 6.07) is 15.3. The Bertz CT molecular complexity index is 818. The van der Waals surface area contributed by atoms with Crippen LogP contribution < -0.4 is 5.32 Å². The molecule has 3 rings (SSSR count). The molecule has 23 heavy (non-hydrogen) atoms. The highest BCUT2D eigenvalue weighted by molar-refractivity contribution is 5.96. The lowest BCUT2D eigenvalue weighted by Gasteiger charge is -2.04. The lowest BCUT2D eigenvalue weighted by atomic mass is 10.1. The molecule has 0 atom stereocenters. The number of hydrogen-bond donors (Lipinski definition) is 2. The Hall–Kier alpha value is -2.59. The molecule has 0 bridgehead atoms. The van der Waals surface area contributed by atoms with E-state index in [1.807, 2.05) is 49.4 Å². The first-order valence-electron chi connectivity index (χ1n) is 7.63.